The zero-order valence-electron chi connectivity index (χ0n) is 13.6. The largest absolute Gasteiger partial charge is 0.493 e. The number of benzene rings is 2. The van der Waals surface area contributed by atoms with Gasteiger partial charge in [-0.1, -0.05) is 42.5 Å². The first-order chi connectivity index (χ1) is 11.2. The van der Waals surface area contributed by atoms with Crippen LogP contribution in [0.1, 0.15) is 12.5 Å². The minimum absolute atomic E-state index is 0.0800. The number of para-hydroxylation sites is 2. The van der Waals surface area contributed by atoms with Crippen LogP contribution in [-0.2, 0) is 10.3 Å². The molecule has 1 saturated heterocycles. The fourth-order valence-corrected chi connectivity index (χ4v) is 2.93. The first-order valence-electron chi connectivity index (χ1n) is 7.94. The molecule has 3 rings (SSSR count). The Bertz CT molecular complexity index is 626. The van der Waals surface area contributed by atoms with Crippen LogP contribution in [0.15, 0.2) is 54.6 Å². The number of nitrogens with one attached hydrogen (secondary N) is 1. The molecule has 23 heavy (non-hydrogen) atoms. The predicted octanol–water partition coefficient (Wildman–Crippen LogP) is 2.98. The second-order valence-corrected chi connectivity index (χ2v) is 5.79. The van der Waals surface area contributed by atoms with Gasteiger partial charge in [0.25, 0.3) is 0 Å². The van der Waals surface area contributed by atoms with Gasteiger partial charge in [0.05, 0.1) is 13.7 Å². The monoisotopic (exact) mass is 313 g/mol. The third kappa shape index (κ3) is 3.33. The van der Waals surface area contributed by atoms with Gasteiger partial charge in [-0.15, -0.1) is 0 Å². The SMILES string of the molecule is COc1ccccc1OC(C)(c1ccccc1)C1CNCCO1. The smallest absolute Gasteiger partial charge is 0.162 e. The molecule has 4 nitrogen and oxygen atoms in total. The van der Waals surface area contributed by atoms with Gasteiger partial charge in [0.1, 0.15) is 6.10 Å². The van der Waals surface area contributed by atoms with Crippen LogP contribution in [-0.4, -0.2) is 32.9 Å². The lowest BCUT2D eigenvalue weighted by atomic mass is 9.88. The summed E-state index contributed by atoms with van der Waals surface area (Å²) in [6, 6.07) is 17.9. The van der Waals surface area contributed by atoms with E-state index in [1.54, 1.807) is 7.11 Å². The predicted molar refractivity (Wildman–Crippen MR) is 90.0 cm³/mol. The quantitative estimate of drug-likeness (QED) is 0.921. The van der Waals surface area contributed by atoms with Gasteiger partial charge in [-0.05, 0) is 24.6 Å². The Hall–Kier alpha value is -2.04. The standard InChI is InChI=1S/C19H23NO3/c1-19(15-8-4-3-5-9-15,18-14-20-12-13-22-18)23-17-11-7-6-10-16(17)21-2/h3-11,18,20H,12-14H2,1-2H3. The lowest BCUT2D eigenvalue weighted by Crippen LogP contribution is -2.52. The number of ether oxygens (including phenoxy) is 3. The molecule has 0 bridgehead atoms. The molecular formula is C19H23NO3. The molecule has 1 aliphatic heterocycles. The van der Waals surface area contributed by atoms with Gasteiger partial charge in [-0.3, -0.25) is 0 Å². The Labute approximate surface area is 137 Å². The molecule has 1 heterocycles. The maximum atomic E-state index is 6.46. The molecule has 0 aromatic heterocycles. The number of rotatable bonds is 5. The van der Waals surface area contributed by atoms with E-state index in [4.69, 9.17) is 14.2 Å². The van der Waals surface area contributed by atoms with Gasteiger partial charge in [0.2, 0.25) is 0 Å². The van der Waals surface area contributed by atoms with E-state index >= 15 is 0 Å². The lowest BCUT2D eigenvalue weighted by Gasteiger charge is -2.40. The first-order valence-corrected chi connectivity index (χ1v) is 7.94. The van der Waals surface area contributed by atoms with E-state index in [2.05, 4.69) is 24.4 Å². The van der Waals surface area contributed by atoms with Gasteiger partial charge in [-0.25, -0.2) is 0 Å². The normalized spacial score (nSPS) is 20.5. The highest BCUT2D eigenvalue weighted by Gasteiger charge is 2.40. The Morgan fingerprint density at radius 2 is 1.74 bits per heavy atom. The van der Waals surface area contributed by atoms with Crippen molar-refractivity contribution < 1.29 is 14.2 Å². The molecule has 2 aromatic rings. The molecule has 0 amide bonds. The highest BCUT2D eigenvalue weighted by atomic mass is 16.6. The summed E-state index contributed by atoms with van der Waals surface area (Å²) in [6.07, 6.45) is -0.0800. The molecule has 0 spiro atoms. The van der Waals surface area contributed by atoms with Gasteiger partial charge in [-0.2, -0.15) is 0 Å². The van der Waals surface area contributed by atoms with Gasteiger partial charge < -0.3 is 19.5 Å². The van der Waals surface area contributed by atoms with E-state index in [0.29, 0.717) is 6.61 Å². The van der Waals surface area contributed by atoms with Crippen LogP contribution < -0.4 is 14.8 Å². The Morgan fingerprint density at radius 1 is 1.04 bits per heavy atom. The van der Waals surface area contributed by atoms with E-state index in [1.165, 1.54) is 0 Å². The summed E-state index contributed by atoms with van der Waals surface area (Å²) in [6.45, 7) is 4.38. The minimum atomic E-state index is -0.608. The van der Waals surface area contributed by atoms with Crippen LogP contribution >= 0.6 is 0 Å². The van der Waals surface area contributed by atoms with Crippen molar-refractivity contribution in [3.8, 4) is 11.5 Å². The zero-order valence-corrected chi connectivity index (χ0v) is 13.6. The van der Waals surface area contributed by atoms with Gasteiger partial charge >= 0.3 is 0 Å². The number of hydrogen-bond donors (Lipinski definition) is 1. The summed E-state index contributed by atoms with van der Waals surface area (Å²) >= 11 is 0. The molecule has 122 valence electrons. The Morgan fingerprint density at radius 3 is 2.39 bits per heavy atom. The second-order valence-electron chi connectivity index (χ2n) is 5.79. The summed E-state index contributed by atoms with van der Waals surface area (Å²) in [5, 5.41) is 3.39. The summed E-state index contributed by atoms with van der Waals surface area (Å²) in [7, 11) is 1.65. The zero-order chi connectivity index (χ0) is 16.1. The van der Waals surface area contributed by atoms with Crippen molar-refractivity contribution in [1.82, 2.24) is 5.32 Å². The summed E-state index contributed by atoms with van der Waals surface area (Å²) in [4.78, 5) is 0. The topological polar surface area (TPSA) is 39.7 Å². The van der Waals surface area contributed by atoms with Crippen molar-refractivity contribution in [3.05, 3.63) is 60.2 Å². The highest BCUT2D eigenvalue weighted by Crippen LogP contribution is 2.37. The van der Waals surface area contributed by atoms with Crippen LogP contribution in [0.25, 0.3) is 0 Å². The van der Waals surface area contributed by atoms with E-state index in [-0.39, 0.29) is 6.10 Å². The van der Waals surface area contributed by atoms with E-state index < -0.39 is 5.60 Å². The summed E-state index contributed by atoms with van der Waals surface area (Å²) in [5.74, 6) is 1.44. The maximum Gasteiger partial charge on any atom is 0.162 e. The lowest BCUT2D eigenvalue weighted by molar-refractivity contribution is -0.0998. The molecule has 2 atom stereocenters. The molecule has 2 unspecified atom stereocenters. The molecule has 1 N–H and O–H groups in total. The summed E-state index contributed by atoms with van der Waals surface area (Å²) in [5.41, 5.74) is 0.475. The van der Waals surface area contributed by atoms with Gasteiger partial charge in [0, 0.05) is 13.1 Å². The van der Waals surface area contributed by atoms with Crippen LogP contribution in [0, 0.1) is 0 Å². The van der Waals surface area contributed by atoms with Crippen LogP contribution in [0.5, 0.6) is 11.5 Å². The fourth-order valence-electron chi connectivity index (χ4n) is 2.93. The Kier molecular flexibility index (Phi) is 4.84. The van der Waals surface area contributed by atoms with Crippen molar-refractivity contribution in [2.24, 2.45) is 0 Å². The third-order valence-electron chi connectivity index (χ3n) is 4.28. The average molecular weight is 313 g/mol. The summed E-state index contributed by atoms with van der Waals surface area (Å²) < 4.78 is 17.9. The van der Waals surface area contributed by atoms with Crippen molar-refractivity contribution in [3.63, 3.8) is 0 Å². The maximum absolute atomic E-state index is 6.46. The van der Waals surface area contributed by atoms with Crippen molar-refractivity contribution in [2.45, 2.75) is 18.6 Å². The molecule has 4 heteroatoms. The van der Waals surface area contributed by atoms with E-state index in [0.717, 1.165) is 30.2 Å². The highest BCUT2D eigenvalue weighted by molar-refractivity contribution is 5.41. The number of methoxy groups -OCH3 is 1. The van der Waals surface area contributed by atoms with Crippen LogP contribution in [0.4, 0.5) is 0 Å². The molecular weight excluding hydrogens is 290 g/mol. The van der Waals surface area contributed by atoms with Crippen molar-refractivity contribution >= 4 is 0 Å². The molecule has 0 aliphatic carbocycles. The van der Waals surface area contributed by atoms with Gasteiger partial charge in [0.15, 0.2) is 17.1 Å². The minimum Gasteiger partial charge on any atom is -0.493 e. The molecule has 1 fully saturated rings. The third-order valence-corrected chi connectivity index (χ3v) is 4.28. The van der Waals surface area contributed by atoms with Crippen molar-refractivity contribution in [1.29, 1.82) is 0 Å². The van der Waals surface area contributed by atoms with Crippen molar-refractivity contribution in [2.75, 3.05) is 26.8 Å². The fraction of sp³-hybridized carbons (Fsp3) is 0.368. The van der Waals surface area contributed by atoms with E-state index in [1.807, 2.05) is 42.5 Å². The second kappa shape index (κ2) is 7.02. The molecule has 0 radical (unpaired) electrons. The number of hydrogen-bond acceptors (Lipinski definition) is 4. The molecule has 0 saturated carbocycles. The molecule has 1 aliphatic rings. The first kappa shape index (κ1) is 15.8. The van der Waals surface area contributed by atoms with Crippen LogP contribution in [0.2, 0.25) is 0 Å². The molecule has 2 aromatic carbocycles. The Balaban J connectivity index is 1.98. The average Bonchev–Trinajstić information content (AvgIpc) is 2.63. The van der Waals surface area contributed by atoms with Crippen LogP contribution in [0.3, 0.4) is 0 Å². The number of morpholine rings is 1. The van der Waals surface area contributed by atoms with E-state index in [9.17, 15) is 0 Å².